The standard InChI is InChI=1S/C56H36B2N4/c1-33-27-49-53-51(29-33)61-45-25-11-9-19-37(45)39-21-13-23-41(55(39)61)57(53)43-31-44-48(32-47(43)59(49)35-15-5-3-6-16-35)60(36-17-7-4-8-18-36)50-28-34(2)30-52-54(50)58(44)42-24-14-22-40-38-20-10-12-26-46(38)62(52)56(40)42/h3-32H,1-2H3. The number of para-hydroxylation sites is 6. The Hall–Kier alpha value is -7.69. The van der Waals surface area contributed by atoms with E-state index in [2.05, 4.69) is 215 Å². The molecule has 0 radical (unpaired) electrons. The van der Waals surface area contributed by atoms with E-state index in [1.54, 1.807) is 0 Å². The first kappa shape index (κ1) is 33.1. The Morgan fingerprint density at radius 1 is 0.323 bits per heavy atom. The van der Waals surface area contributed by atoms with Gasteiger partial charge in [0, 0.05) is 78.1 Å². The van der Waals surface area contributed by atoms with Crippen LogP contribution in [0.1, 0.15) is 11.1 Å². The van der Waals surface area contributed by atoms with E-state index in [1.165, 1.54) is 122 Å². The number of hydrogen-bond acceptors (Lipinski definition) is 2. The molecule has 0 bridgehead atoms. The molecule has 0 N–H and O–H groups in total. The predicted octanol–water partition coefficient (Wildman–Crippen LogP) is 9.72. The monoisotopic (exact) mass is 786 g/mol. The topological polar surface area (TPSA) is 16.3 Å². The summed E-state index contributed by atoms with van der Waals surface area (Å²) in [5, 5.41) is 5.22. The van der Waals surface area contributed by atoms with Crippen LogP contribution in [0.4, 0.5) is 34.1 Å². The minimum Gasteiger partial charge on any atom is -0.311 e. The van der Waals surface area contributed by atoms with Gasteiger partial charge >= 0.3 is 0 Å². The maximum Gasteiger partial charge on any atom is 0.252 e. The molecule has 0 saturated carbocycles. The van der Waals surface area contributed by atoms with E-state index >= 15 is 0 Å². The highest BCUT2D eigenvalue weighted by Gasteiger charge is 2.47. The van der Waals surface area contributed by atoms with Gasteiger partial charge in [0.2, 0.25) is 0 Å². The molecular weight excluding hydrogens is 750 g/mol. The van der Waals surface area contributed by atoms with Gasteiger partial charge in [-0.2, -0.15) is 0 Å². The van der Waals surface area contributed by atoms with Crippen molar-refractivity contribution < 1.29 is 0 Å². The van der Waals surface area contributed by atoms with E-state index < -0.39 is 0 Å². The second-order valence-corrected chi connectivity index (χ2v) is 17.8. The summed E-state index contributed by atoms with van der Waals surface area (Å²) in [6.45, 7) is 4.57. The molecule has 0 unspecified atom stereocenters. The first-order chi connectivity index (χ1) is 30.6. The smallest absolute Gasteiger partial charge is 0.252 e. The van der Waals surface area contributed by atoms with Crippen LogP contribution in [0, 0.1) is 13.8 Å². The van der Waals surface area contributed by atoms with Crippen molar-refractivity contribution in [1.82, 2.24) is 9.13 Å². The summed E-state index contributed by atoms with van der Waals surface area (Å²) in [5.41, 5.74) is 25.6. The fraction of sp³-hybridized carbons (Fsp3) is 0.0357. The van der Waals surface area contributed by atoms with E-state index in [0.717, 1.165) is 11.4 Å². The maximum absolute atomic E-state index is 2.64. The Kier molecular flexibility index (Phi) is 6.17. The van der Waals surface area contributed by atoms with Gasteiger partial charge < -0.3 is 18.9 Å². The fourth-order valence-electron chi connectivity index (χ4n) is 12.3. The van der Waals surface area contributed by atoms with Crippen LogP contribution in [-0.2, 0) is 0 Å². The van der Waals surface area contributed by atoms with Gasteiger partial charge in [-0.1, -0.05) is 115 Å². The summed E-state index contributed by atoms with van der Waals surface area (Å²) in [6.07, 6.45) is 0. The molecule has 0 spiro atoms. The average Bonchev–Trinajstić information content (AvgIpc) is 3.83. The molecule has 0 atom stereocenters. The Morgan fingerprint density at radius 3 is 1.19 bits per heavy atom. The molecule has 0 amide bonds. The summed E-state index contributed by atoms with van der Waals surface area (Å²) >= 11 is 0. The van der Waals surface area contributed by atoms with Gasteiger partial charge in [-0.15, -0.1) is 0 Å². The molecule has 0 fully saturated rings. The Labute approximate surface area is 359 Å². The van der Waals surface area contributed by atoms with Crippen molar-refractivity contribution in [3.8, 4) is 11.4 Å². The van der Waals surface area contributed by atoms with Crippen molar-refractivity contribution in [3.05, 3.63) is 193 Å². The van der Waals surface area contributed by atoms with Crippen molar-refractivity contribution in [2.45, 2.75) is 13.8 Å². The molecule has 6 heteroatoms. The molecule has 0 saturated heterocycles. The zero-order chi connectivity index (χ0) is 40.5. The molecule has 4 nitrogen and oxygen atoms in total. The molecular formula is C56H36B2N4. The van der Waals surface area contributed by atoms with E-state index in [9.17, 15) is 0 Å². The van der Waals surface area contributed by atoms with Crippen LogP contribution in [0.3, 0.4) is 0 Å². The lowest BCUT2D eigenvalue weighted by Gasteiger charge is -2.44. The number of rotatable bonds is 2. The first-order valence-electron chi connectivity index (χ1n) is 21.8. The third-order valence-electron chi connectivity index (χ3n) is 14.5. The van der Waals surface area contributed by atoms with Crippen LogP contribution in [0.15, 0.2) is 182 Å². The largest absolute Gasteiger partial charge is 0.311 e. The Bertz CT molecular complexity index is 3560. The highest BCUT2D eigenvalue weighted by Crippen LogP contribution is 2.46. The second kappa shape index (κ2) is 11.6. The third-order valence-corrected chi connectivity index (χ3v) is 14.5. The number of aryl methyl sites for hydroxylation is 2. The maximum atomic E-state index is 2.64. The Balaban J connectivity index is 1.12. The van der Waals surface area contributed by atoms with Gasteiger partial charge in [0.05, 0.1) is 11.0 Å². The van der Waals surface area contributed by atoms with Gasteiger partial charge in [-0.25, -0.2) is 0 Å². The highest BCUT2D eigenvalue weighted by atomic mass is 15.2. The quantitative estimate of drug-likeness (QED) is 0.162. The lowest BCUT2D eigenvalue weighted by Crippen LogP contribution is -2.64. The molecule has 2 aromatic heterocycles. The zero-order valence-electron chi connectivity index (χ0n) is 34.3. The molecule has 4 aliphatic rings. The van der Waals surface area contributed by atoms with E-state index in [4.69, 9.17) is 0 Å². The van der Waals surface area contributed by atoms with E-state index in [0.29, 0.717) is 0 Å². The molecule has 0 aliphatic carbocycles. The third kappa shape index (κ3) is 3.97. The minimum absolute atomic E-state index is 0.0243. The number of hydrogen-bond donors (Lipinski definition) is 0. The zero-order valence-corrected chi connectivity index (χ0v) is 34.3. The van der Waals surface area contributed by atoms with E-state index in [-0.39, 0.29) is 13.4 Å². The van der Waals surface area contributed by atoms with Crippen LogP contribution in [0.2, 0.25) is 0 Å². The SMILES string of the molecule is Cc1cc2c3c(c1)-n1c4ccccc4c4cccc(c41)B3c1cc3c(cc1N2c1ccccc1)N(c1ccccc1)c1cc(C)cc2c1B3c1cccc3c4ccccc4n-2c13. The van der Waals surface area contributed by atoms with Crippen LogP contribution < -0.4 is 42.6 Å². The molecule has 62 heavy (non-hydrogen) atoms. The fourth-order valence-corrected chi connectivity index (χ4v) is 12.3. The van der Waals surface area contributed by atoms with Gasteiger partial charge in [0.1, 0.15) is 0 Å². The van der Waals surface area contributed by atoms with Crippen LogP contribution in [0.5, 0.6) is 0 Å². The van der Waals surface area contributed by atoms with Crippen molar-refractivity contribution in [2.75, 3.05) is 9.80 Å². The van der Waals surface area contributed by atoms with Crippen LogP contribution >= 0.6 is 0 Å². The molecule has 4 aliphatic heterocycles. The number of anilines is 6. The predicted molar refractivity (Wildman–Crippen MR) is 263 cm³/mol. The van der Waals surface area contributed by atoms with Gasteiger partial charge in [-0.3, -0.25) is 0 Å². The molecule has 15 rings (SSSR count). The number of benzene rings is 9. The lowest BCUT2D eigenvalue weighted by atomic mass is 9.30. The van der Waals surface area contributed by atoms with Crippen molar-refractivity contribution in [3.63, 3.8) is 0 Å². The summed E-state index contributed by atoms with van der Waals surface area (Å²) in [6, 6.07) is 69.0. The van der Waals surface area contributed by atoms with Crippen LogP contribution in [0.25, 0.3) is 55.0 Å². The molecule has 9 aromatic carbocycles. The normalized spacial score (nSPS) is 13.8. The Morgan fingerprint density at radius 2 is 0.726 bits per heavy atom. The lowest BCUT2D eigenvalue weighted by molar-refractivity contribution is 1.16. The number of aromatic nitrogens is 2. The van der Waals surface area contributed by atoms with Gasteiger partial charge in [0.25, 0.3) is 13.4 Å². The summed E-state index contributed by atoms with van der Waals surface area (Å²) in [5.74, 6) is 0. The van der Waals surface area contributed by atoms with Crippen LogP contribution in [-0.4, -0.2) is 22.6 Å². The summed E-state index contributed by atoms with van der Waals surface area (Å²) in [4.78, 5) is 5.13. The van der Waals surface area contributed by atoms with Crippen molar-refractivity contribution in [2.24, 2.45) is 0 Å². The highest BCUT2D eigenvalue weighted by molar-refractivity contribution is 7.03. The van der Waals surface area contributed by atoms with E-state index in [1.807, 2.05) is 0 Å². The van der Waals surface area contributed by atoms with Gasteiger partial charge in [-0.05, 0) is 124 Å². The molecule has 11 aromatic rings. The summed E-state index contributed by atoms with van der Waals surface area (Å²) in [7, 11) is 0. The number of fused-ring (bicyclic) bond motifs is 14. The van der Waals surface area contributed by atoms with Crippen molar-refractivity contribution >= 4 is 124 Å². The number of nitrogens with zero attached hydrogens (tertiary/aromatic N) is 4. The first-order valence-corrected chi connectivity index (χ1v) is 21.8. The van der Waals surface area contributed by atoms with Gasteiger partial charge in [0.15, 0.2) is 0 Å². The average molecular weight is 787 g/mol. The summed E-state index contributed by atoms with van der Waals surface area (Å²) < 4.78 is 5.13. The minimum atomic E-state index is 0.0243. The molecule has 286 valence electrons. The van der Waals surface area contributed by atoms with Crippen molar-refractivity contribution in [1.29, 1.82) is 0 Å². The molecule has 6 heterocycles. The second-order valence-electron chi connectivity index (χ2n) is 17.8.